The highest BCUT2D eigenvalue weighted by atomic mass is 31.2. The first-order valence-corrected chi connectivity index (χ1v) is 8.90. The van der Waals surface area contributed by atoms with Crippen molar-refractivity contribution in [2.24, 2.45) is 0 Å². The van der Waals surface area contributed by atoms with Gasteiger partial charge in [0.2, 0.25) is 0 Å². The number of hydrogen-bond donors (Lipinski definition) is 2. The van der Waals surface area contributed by atoms with E-state index in [-0.39, 0.29) is 6.16 Å². The molecular formula is C17H17O4P. The highest BCUT2D eigenvalue weighted by molar-refractivity contribution is 7.50. The third-order valence-electron chi connectivity index (χ3n) is 3.66. The second kappa shape index (κ2) is 5.73. The minimum absolute atomic E-state index is 0.321. The molecule has 4 nitrogen and oxygen atoms in total. The van der Waals surface area contributed by atoms with E-state index in [1.54, 1.807) is 6.07 Å². The van der Waals surface area contributed by atoms with Crippen LogP contribution in [0.1, 0.15) is 12.5 Å². The predicted molar refractivity (Wildman–Crippen MR) is 88.4 cm³/mol. The first-order valence-electron chi connectivity index (χ1n) is 7.10. The Morgan fingerprint density at radius 1 is 0.955 bits per heavy atom. The Morgan fingerprint density at radius 2 is 1.68 bits per heavy atom. The fourth-order valence-electron chi connectivity index (χ4n) is 2.79. The van der Waals surface area contributed by atoms with Crippen molar-refractivity contribution in [1.82, 2.24) is 0 Å². The molecular weight excluding hydrogens is 299 g/mol. The van der Waals surface area contributed by atoms with Crippen LogP contribution in [0.2, 0.25) is 0 Å². The van der Waals surface area contributed by atoms with Crippen molar-refractivity contribution < 1.29 is 19.1 Å². The maximum absolute atomic E-state index is 11.5. The van der Waals surface area contributed by atoms with Crippen molar-refractivity contribution in [1.29, 1.82) is 0 Å². The van der Waals surface area contributed by atoms with Gasteiger partial charge in [0.15, 0.2) is 0 Å². The molecule has 3 aromatic carbocycles. The van der Waals surface area contributed by atoms with Gasteiger partial charge < -0.3 is 14.5 Å². The second-order valence-electron chi connectivity index (χ2n) is 5.18. The zero-order valence-corrected chi connectivity index (χ0v) is 13.1. The second-order valence-corrected chi connectivity index (χ2v) is 6.83. The van der Waals surface area contributed by atoms with Gasteiger partial charge in [-0.2, -0.15) is 0 Å². The van der Waals surface area contributed by atoms with E-state index < -0.39 is 7.60 Å². The molecule has 5 heteroatoms. The summed E-state index contributed by atoms with van der Waals surface area (Å²) >= 11 is 0. The molecule has 0 atom stereocenters. The van der Waals surface area contributed by atoms with Crippen molar-refractivity contribution in [2.75, 3.05) is 6.61 Å². The molecule has 0 spiro atoms. The summed E-state index contributed by atoms with van der Waals surface area (Å²) in [6.45, 7) is 2.30. The molecule has 3 aromatic rings. The lowest BCUT2D eigenvalue weighted by atomic mass is 9.98. The van der Waals surface area contributed by atoms with Gasteiger partial charge in [-0.1, -0.05) is 42.5 Å². The van der Waals surface area contributed by atoms with Crippen LogP contribution >= 0.6 is 7.60 Å². The molecule has 0 radical (unpaired) electrons. The number of fused-ring (bicyclic) bond motifs is 3. The topological polar surface area (TPSA) is 66.8 Å². The SMILES string of the molecule is CCOc1ccc2c(ccc3ccccc32)c1CP(=O)(O)O. The van der Waals surface area contributed by atoms with E-state index >= 15 is 0 Å². The maximum atomic E-state index is 11.5. The molecule has 0 aromatic heterocycles. The molecule has 0 saturated heterocycles. The smallest absolute Gasteiger partial charge is 0.330 e. The summed E-state index contributed by atoms with van der Waals surface area (Å²) in [5, 5.41) is 3.97. The van der Waals surface area contributed by atoms with Gasteiger partial charge in [-0.05, 0) is 34.5 Å². The highest BCUT2D eigenvalue weighted by Crippen LogP contribution is 2.44. The fraction of sp³-hybridized carbons (Fsp3) is 0.176. The highest BCUT2D eigenvalue weighted by Gasteiger charge is 2.20. The van der Waals surface area contributed by atoms with E-state index in [2.05, 4.69) is 0 Å². The van der Waals surface area contributed by atoms with Crippen molar-refractivity contribution in [3.63, 3.8) is 0 Å². The van der Waals surface area contributed by atoms with Crippen LogP contribution in [0, 0.1) is 0 Å². The van der Waals surface area contributed by atoms with E-state index in [9.17, 15) is 14.4 Å². The Morgan fingerprint density at radius 3 is 2.41 bits per heavy atom. The number of rotatable bonds is 4. The van der Waals surface area contributed by atoms with Crippen molar-refractivity contribution in [3.8, 4) is 5.75 Å². The third kappa shape index (κ3) is 2.86. The predicted octanol–water partition coefficient (Wildman–Crippen LogP) is 4.07. The van der Waals surface area contributed by atoms with E-state index in [1.807, 2.05) is 49.4 Å². The summed E-state index contributed by atoms with van der Waals surface area (Å²) in [5.74, 6) is 0.536. The van der Waals surface area contributed by atoms with E-state index in [0.717, 1.165) is 21.5 Å². The molecule has 114 valence electrons. The monoisotopic (exact) mass is 316 g/mol. The molecule has 0 saturated carbocycles. The fourth-order valence-corrected chi connectivity index (χ4v) is 3.53. The average Bonchev–Trinajstić information content (AvgIpc) is 2.48. The standard InChI is InChI=1S/C17H17O4P/c1-2-21-17-10-9-14-13-6-4-3-5-12(13)7-8-15(14)16(17)11-22(18,19)20/h3-10H,2,11H2,1H3,(H2,18,19,20). The van der Waals surface area contributed by atoms with E-state index in [1.165, 1.54) is 0 Å². The lowest BCUT2D eigenvalue weighted by molar-refractivity contribution is 0.335. The normalized spacial score (nSPS) is 12.0. The summed E-state index contributed by atoms with van der Waals surface area (Å²) in [6, 6.07) is 15.6. The van der Waals surface area contributed by atoms with Gasteiger partial charge >= 0.3 is 7.60 Å². The van der Waals surface area contributed by atoms with Gasteiger partial charge in [-0.3, -0.25) is 4.57 Å². The maximum Gasteiger partial charge on any atom is 0.330 e. The summed E-state index contributed by atoms with van der Waals surface area (Å²) in [6.07, 6.45) is -0.321. The molecule has 0 amide bonds. The molecule has 0 bridgehead atoms. The summed E-state index contributed by atoms with van der Waals surface area (Å²) < 4.78 is 17.1. The first kappa shape index (κ1) is 15.0. The van der Waals surface area contributed by atoms with Crippen LogP contribution in [0.5, 0.6) is 5.75 Å². The van der Waals surface area contributed by atoms with Crippen LogP contribution in [0.4, 0.5) is 0 Å². The van der Waals surface area contributed by atoms with Gasteiger partial charge in [-0.25, -0.2) is 0 Å². The van der Waals surface area contributed by atoms with Crippen molar-refractivity contribution >= 4 is 29.1 Å². The van der Waals surface area contributed by atoms with Crippen molar-refractivity contribution in [3.05, 3.63) is 54.1 Å². The Hall–Kier alpha value is -1.87. The first-order chi connectivity index (χ1) is 10.5. The lowest BCUT2D eigenvalue weighted by Gasteiger charge is -2.15. The van der Waals surface area contributed by atoms with Gasteiger partial charge in [-0.15, -0.1) is 0 Å². The minimum Gasteiger partial charge on any atom is -0.494 e. The average molecular weight is 316 g/mol. The molecule has 0 aliphatic carbocycles. The zero-order chi connectivity index (χ0) is 15.7. The quantitative estimate of drug-likeness (QED) is 0.562. The van der Waals surface area contributed by atoms with Crippen molar-refractivity contribution in [2.45, 2.75) is 13.1 Å². The summed E-state index contributed by atoms with van der Waals surface area (Å²) in [4.78, 5) is 18.8. The number of benzene rings is 3. The Balaban J connectivity index is 2.33. The lowest BCUT2D eigenvalue weighted by Crippen LogP contribution is -1.98. The van der Waals surface area contributed by atoms with E-state index in [0.29, 0.717) is 17.9 Å². The summed E-state index contributed by atoms with van der Waals surface area (Å²) in [7, 11) is -4.18. The van der Waals surface area contributed by atoms with Gasteiger partial charge in [0.1, 0.15) is 5.75 Å². The Kier molecular flexibility index (Phi) is 3.92. The van der Waals surface area contributed by atoms with Gasteiger partial charge in [0.05, 0.1) is 12.8 Å². The van der Waals surface area contributed by atoms with Crippen LogP contribution < -0.4 is 4.74 Å². The van der Waals surface area contributed by atoms with Crippen LogP contribution in [0.3, 0.4) is 0 Å². The van der Waals surface area contributed by atoms with Gasteiger partial charge in [0.25, 0.3) is 0 Å². The Labute approximate surface area is 128 Å². The Bertz CT molecular complexity index is 882. The van der Waals surface area contributed by atoms with E-state index in [4.69, 9.17) is 4.74 Å². The largest absolute Gasteiger partial charge is 0.494 e. The zero-order valence-electron chi connectivity index (χ0n) is 12.2. The molecule has 2 N–H and O–H groups in total. The van der Waals surface area contributed by atoms with Crippen LogP contribution in [-0.4, -0.2) is 16.4 Å². The third-order valence-corrected chi connectivity index (χ3v) is 4.39. The number of ether oxygens (including phenoxy) is 1. The van der Waals surface area contributed by atoms with Crippen LogP contribution in [0.25, 0.3) is 21.5 Å². The molecule has 22 heavy (non-hydrogen) atoms. The molecule has 0 unspecified atom stereocenters. The van der Waals surface area contributed by atoms with Gasteiger partial charge in [0, 0.05) is 5.56 Å². The molecule has 3 rings (SSSR count). The van der Waals surface area contributed by atoms with Crippen LogP contribution in [0.15, 0.2) is 48.5 Å². The minimum atomic E-state index is -4.18. The molecule has 0 heterocycles. The molecule has 0 fully saturated rings. The molecule has 0 aliphatic rings. The summed E-state index contributed by atoms with van der Waals surface area (Å²) in [5.41, 5.74) is 0.568. The van der Waals surface area contributed by atoms with Crippen LogP contribution in [-0.2, 0) is 10.7 Å². The number of hydrogen-bond acceptors (Lipinski definition) is 2. The molecule has 0 aliphatic heterocycles.